The maximum atomic E-state index is 12.9. The molecule has 0 fully saturated rings. The van der Waals surface area contributed by atoms with Crippen LogP contribution in [-0.4, -0.2) is 13.1 Å². The third-order valence-corrected chi connectivity index (χ3v) is 2.59. The van der Waals surface area contributed by atoms with Crippen LogP contribution in [0.25, 0.3) is 0 Å². The number of nitrogens with two attached hydrogens (primary N) is 1. The van der Waals surface area contributed by atoms with Crippen molar-refractivity contribution in [2.75, 3.05) is 7.11 Å². The molecule has 0 heterocycles. The number of ether oxygens (including phenoxy) is 1. The molecule has 0 saturated heterocycles. The lowest BCUT2D eigenvalue weighted by Gasteiger charge is -2.10. The second-order valence-corrected chi connectivity index (χ2v) is 3.91. The number of hydrogen-bond acceptors (Lipinski definition) is 3. The van der Waals surface area contributed by atoms with Gasteiger partial charge in [-0.25, -0.2) is 4.39 Å². The molecule has 0 aliphatic rings. The summed E-state index contributed by atoms with van der Waals surface area (Å²) in [6, 6.07) is 3.93. The fourth-order valence-corrected chi connectivity index (χ4v) is 1.52. The van der Waals surface area contributed by atoms with E-state index in [1.165, 1.54) is 13.2 Å². The average Bonchev–Trinajstić information content (AvgIpc) is 2.21. The highest BCUT2D eigenvalue weighted by molar-refractivity contribution is 9.10. The zero-order chi connectivity index (χ0) is 11.4. The van der Waals surface area contributed by atoms with Gasteiger partial charge in [0, 0.05) is 6.04 Å². The van der Waals surface area contributed by atoms with Crippen LogP contribution < -0.4 is 5.73 Å². The highest BCUT2D eigenvalue weighted by Gasteiger charge is 2.13. The first-order valence-corrected chi connectivity index (χ1v) is 5.11. The van der Waals surface area contributed by atoms with Crippen LogP contribution in [0.5, 0.6) is 0 Å². The van der Waals surface area contributed by atoms with Crippen LogP contribution in [-0.2, 0) is 9.53 Å². The van der Waals surface area contributed by atoms with Gasteiger partial charge in [0.15, 0.2) is 0 Å². The molecule has 1 unspecified atom stereocenters. The summed E-state index contributed by atoms with van der Waals surface area (Å²) in [6.45, 7) is 0. The largest absolute Gasteiger partial charge is 0.469 e. The van der Waals surface area contributed by atoms with Gasteiger partial charge in [0.25, 0.3) is 0 Å². The summed E-state index contributed by atoms with van der Waals surface area (Å²) in [6.07, 6.45) is 0.0779. The molecule has 0 aliphatic carbocycles. The minimum atomic E-state index is -0.477. The summed E-state index contributed by atoms with van der Waals surface area (Å²) in [5.41, 5.74) is 6.43. The van der Waals surface area contributed by atoms with Crippen molar-refractivity contribution in [3.05, 3.63) is 34.1 Å². The van der Waals surface area contributed by atoms with Crippen molar-refractivity contribution in [3.8, 4) is 0 Å². The average molecular weight is 276 g/mol. The number of carbonyl (C=O) groups is 1. The van der Waals surface area contributed by atoms with Crippen LogP contribution in [0.15, 0.2) is 22.7 Å². The maximum Gasteiger partial charge on any atom is 0.307 e. The Kier molecular flexibility index (Phi) is 4.23. The molecule has 0 aliphatic heterocycles. The standard InChI is InChI=1S/C10H11BrFNO2/c1-15-10(14)5-9(13)6-2-3-8(12)7(11)4-6/h2-4,9H,5,13H2,1H3. The molecule has 0 saturated carbocycles. The quantitative estimate of drug-likeness (QED) is 0.860. The summed E-state index contributed by atoms with van der Waals surface area (Å²) in [4.78, 5) is 11.0. The first kappa shape index (κ1) is 12.1. The van der Waals surface area contributed by atoms with Gasteiger partial charge in [0.05, 0.1) is 18.0 Å². The van der Waals surface area contributed by atoms with Crippen molar-refractivity contribution < 1.29 is 13.9 Å². The smallest absolute Gasteiger partial charge is 0.307 e. The third-order valence-electron chi connectivity index (χ3n) is 1.99. The molecule has 82 valence electrons. The molecular weight excluding hydrogens is 265 g/mol. The molecule has 1 aromatic carbocycles. The highest BCUT2D eigenvalue weighted by Crippen LogP contribution is 2.21. The predicted octanol–water partition coefficient (Wildman–Crippen LogP) is 2.15. The Balaban J connectivity index is 2.78. The minimum Gasteiger partial charge on any atom is -0.469 e. The molecule has 1 atom stereocenters. The molecule has 3 nitrogen and oxygen atoms in total. The number of halogens is 2. The summed E-state index contributed by atoms with van der Waals surface area (Å²) >= 11 is 3.05. The number of hydrogen-bond donors (Lipinski definition) is 1. The zero-order valence-electron chi connectivity index (χ0n) is 8.17. The molecule has 1 aromatic rings. The van der Waals surface area contributed by atoms with E-state index >= 15 is 0 Å². The summed E-state index contributed by atoms with van der Waals surface area (Å²) in [5.74, 6) is -0.744. The Bertz CT molecular complexity index is 370. The molecule has 5 heteroatoms. The van der Waals surface area contributed by atoms with E-state index in [4.69, 9.17) is 5.73 Å². The van der Waals surface area contributed by atoms with Crippen LogP contribution in [0, 0.1) is 5.82 Å². The lowest BCUT2D eigenvalue weighted by molar-refractivity contribution is -0.141. The molecule has 15 heavy (non-hydrogen) atoms. The van der Waals surface area contributed by atoms with Crippen molar-refractivity contribution in [1.29, 1.82) is 0 Å². The van der Waals surface area contributed by atoms with E-state index < -0.39 is 6.04 Å². The lowest BCUT2D eigenvalue weighted by atomic mass is 10.1. The van der Waals surface area contributed by atoms with Gasteiger partial charge >= 0.3 is 5.97 Å². The molecule has 0 radical (unpaired) electrons. The summed E-state index contributed by atoms with van der Waals surface area (Å²) in [5, 5.41) is 0. The first-order chi connectivity index (χ1) is 7.04. The lowest BCUT2D eigenvalue weighted by Crippen LogP contribution is -2.16. The molecule has 0 amide bonds. The van der Waals surface area contributed by atoms with E-state index in [9.17, 15) is 9.18 Å². The Morgan fingerprint density at radius 1 is 1.67 bits per heavy atom. The Hall–Kier alpha value is -0.940. The molecule has 0 aromatic heterocycles. The Morgan fingerprint density at radius 3 is 2.87 bits per heavy atom. The topological polar surface area (TPSA) is 52.3 Å². The van der Waals surface area contributed by atoms with Crippen molar-refractivity contribution >= 4 is 21.9 Å². The van der Waals surface area contributed by atoms with Gasteiger partial charge in [-0.1, -0.05) is 6.07 Å². The Labute approximate surface area is 95.5 Å². The monoisotopic (exact) mass is 275 g/mol. The molecule has 0 bridgehead atoms. The van der Waals surface area contributed by atoms with Gasteiger partial charge in [-0.15, -0.1) is 0 Å². The predicted molar refractivity (Wildman–Crippen MR) is 57.7 cm³/mol. The minimum absolute atomic E-state index is 0.0779. The van der Waals surface area contributed by atoms with Crippen LogP contribution in [0.2, 0.25) is 0 Å². The van der Waals surface area contributed by atoms with Crippen molar-refractivity contribution in [2.45, 2.75) is 12.5 Å². The number of methoxy groups -OCH3 is 1. The van der Waals surface area contributed by atoms with Crippen LogP contribution in [0.3, 0.4) is 0 Å². The van der Waals surface area contributed by atoms with Crippen LogP contribution in [0.4, 0.5) is 4.39 Å². The first-order valence-electron chi connectivity index (χ1n) is 4.32. The van der Waals surface area contributed by atoms with Crippen molar-refractivity contribution in [1.82, 2.24) is 0 Å². The molecular formula is C10H11BrFNO2. The second-order valence-electron chi connectivity index (χ2n) is 3.06. The maximum absolute atomic E-state index is 12.9. The van der Waals surface area contributed by atoms with E-state index in [1.54, 1.807) is 12.1 Å². The van der Waals surface area contributed by atoms with E-state index in [0.717, 1.165) is 0 Å². The van der Waals surface area contributed by atoms with Gasteiger partial charge in [-0.2, -0.15) is 0 Å². The normalized spacial score (nSPS) is 12.3. The number of rotatable bonds is 3. The summed E-state index contributed by atoms with van der Waals surface area (Å²) in [7, 11) is 1.30. The number of carbonyl (C=O) groups excluding carboxylic acids is 1. The van der Waals surface area contributed by atoms with E-state index in [-0.39, 0.29) is 18.2 Å². The fraction of sp³-hybridized carbons (Fsp3) is 0.300. The van der Waals surface area contributed by atoms with E-state index in [0.29, 0.717) is 10.0 Å². The van der Waals surface area contributed by atoms with E-state index in [1.807, 2.05) is 0 Å². The number of benzene rings is 1. The summed E-state index contributed by atoms with van der Waals surface area (Å²) < 4.78 is 17.7. The van der Waals surface area contributed by atoms with Gasteiger partial charge in [-0.05, 0) is 33.6 Å². The van der Waals surface area contributed by atoms with Crippen LogP contribution >= 0.6 is 15.9 Å². The van der Waals surface area contributed by atoms with Crippen molar-refractivity contribution in [3.63, 3.8) is 0 Å². The number of esters is 1. The zero-order valence-corrected chi connectivity index (χ0v) is 9.75. The highest BCUT2D eigenvalue weighted by atomic mass is 79.9. The Morgan fingerprint density at radius 2 is 2.33 bits per heavy atom. The van der Waals surface area contributed by atoms with Gasteiger partial charge < -0.3 is 10.5 Å². The molecule has 2 N–H and O–H groups in total. The van der Waals surface area contributed by atoms with E-state index in [2.05, 4.69) is 20.7 Å². The van der Waals surface area contributed by atoms with Gasteiger partial charge in [0.1, 0.15) is 5.82 Å². The van der Waals surface area contributed by atoms with Crippen molar-refractivity contribution in [2.24, 2.45) is 5.73 Å². The third kappa shape index (κ3) is 3.28. The van der Waals surface area contributed by atoms with Gasteiger partial charge in [-0.3, -0.25) is 4.79 Å². The van der Waals surface area contributed by atoms with Gasteiger partial charge in [0.2, 0.25) is 0 Å². The second kappa shape index (κ2) is 5.23. The van der Waals surface area contributed by atoms with Crippen LogP contribution in [0.1, 0.15) is 18.0 Å². The SMILES string of the molecule is COC(=O)CC(N)c1ccc(F)c(Br)c1. The molecule has 1 rings (SSSR count). The fourth-order valence-electron chi connectivity index (χ4n) is 1.12. The molecule has 0 spiro atoms.